The Hall–Kier alpha value is -1.35. The Morgan fingerprint density at radius 3 is 2.92 bits per heavy atom. The maximum atomic E-state index is 14.4. The van der Waals surface area contributed by atoms with Gasteiger partial charge in [0.1, 0.15) is 5.67 Å². The molecular weight excluding hydrogens is 311 g/mol. The Bertz CT molecular complexity index is 697. The van der Waals surface area contributed by atoms with Gasteiger partial charge in [0, 0.05) is 37.4 Å². The summed E-state index contributed by atoms with van der Waals surface area (Å²) in [6, 6.07) is 0.617. The summed E-state index contributed by atoms with van der Waals surface area (Å²) in [6.07, 6.45) is 13.6. The number of nitrogens with one attached hydrogen (secondary N) is 1. The van der Waals surface area contributed by atoms with E-state index in [1.54, 1.807) is 18.6 Å². The minimum atomic E-state index is -1.21. The molecule has 2 aliphatic heterocycles. The molecule has 4 unspecified atom stereocenters. The standard InChI is InChI=1S/C22H31FN2/c1-4-15-11-21-16(5-2)10-18(15)14-25(21)9-7-17-13-24-20-6-8-22(3,23)12-19(17)20/h6,8,11,13,16,18,21,24H,4-5,7,9-10,12,14H2,1-3H3. The fourth-order valence-corrected chi connectivity index (χ4v) is 5.22. The highest BCUT2D eigenvalue weighted by molar-refractivity contribution is 5.57. The number of aromatic nitrogens is 1. The van der Waals surface area contributed by atoms with Gasteiger partial charge in [-0.3, -0.25) is 4.90 Å². The van der Waals surface area contributed by atoms with Crippen LogP contribution in [0.1, 0.15) is 56.9 Å². The third kappa shape index (κ3) is 3.12. The first-order chi connectivity index (χ1) is 12.0. The van der Waals surface area contributed by atoms with E-state index in [9.17, 15) is 4.39 Å². The second kappa shape index (κ2) is 6.42. The Labute approximate surface area is 151 Å². The summed E-state index contributed by atoms with van der Waals surface area (Å²) in [6.45, 7) is 8.61. The van der Waals surface area contributed by atoms with Crippen LogP contribution in [-0.4, -0.2) is 34.7 Å². The van der Waals surface area contributed by atoms with Crippen molar-refractivity contribution in [3.63, 3.8) is 0 Å². The highest BCUT2D eigenvalue weighted by atomic mass is 19.1. The summed E-state index contributed by atoms with van der Waals surface area (Å²) in [5.74, 6) is 1.57. The van der Waals surface area contributed by atoms with Crippen molar-refractivity contribution in [1.82, 2.24) is 9.88 Å². The fraction of sp³-hybridized carbons (Fsp3) is 0.636. The second-order valence-electron chi connectivity index (χ2n) is 8.43. The molecule has 1 fully saturated rings. The quantitative estimate of drug-likeness (QED) is 0.752. The van der Waals surface area contributed by atoms with E-state index in [0.717, 1.165) is 30.5 Å². The van der Waals surface area contributed by atoms with Gasteiger partial charge in [0.2, 0.25) is 0 Å². The summed E-state index contributed by atoms with van der Waals surface area (Å²) < 4.78 is 14.4. The van der Waals surface area contributed by atoms with E-state index in [-0.39, 0.29) is 0 Å². The van der Waals surface area contributed by atoms with E-state index in [0.29, 0.717) is 12.5 Å². The molecule has 1 N–H and O–H groups in total. The highest BCUT2D eigenvalue weighted by Gasteiger charge is 2.39. The van der Waals surface area contributed by atoms with Gasteiger partial charge in [-0.25, -0.2) is 4.39 Å². The van der Waals surface area contributed by atoms with Gasteiger partial charge >= 0.3 is 0 Å². The first-order valence-corrected chi connectivity index (χ1v) is 10.0. The number of nitrogens with zero attached hydrogens (tertiary/aromatic N) is 1. The van der Waals surface area contributed by atoms with Gasteiger partial charge in [0.05, 0.1) is 0 Å². The molecule has 0 saturated carbocycles. The summed E-state index contributed by atoms with van der Waals surface area (Å²) in [5.41, 5.74) is 4.07. The van der Waals surface area contributed by atoms with E-state index >= 15 is 0 Å². The smallest absolute Gasteiger partial charge is 0.130 e. The van der Waals surface area contributed by atoms with E-state index in [4.69, 9.17) is 0 Å². The second-order valence-corrected chi connectivity index (χ2v) is 8.43. The van der Waals surface area contributed by atoms with Gasteiger partial charge in [-0.05, 0) is 61.3 Å². The largest absolute Gasteiger partial charge is 0.361 e. The molecule has 2 nitrogen and oxygen atoms in total. The minimum Gasteiger partial charge on any atom is -0.361 e. The zero-order valence-electron chi connectivity index (χ0n) is 15.8. The van der Waals surface area contributed by atoms with Crippen LogP contribution in [-0.2, 0) is 12.8 Å². The molecule has 0 radical (unpaired) electrons. The molecule has 1 aromatic rings. The van der Waals surface area contributed by atoms with Gasteiger partial charge in [-0.15, -0.1) is 0 Å². The molecule has 136 valence electrons. The number of H-pyrrole nitrogens is 1. The maximum Gasteiger partial charge on any atom is 0.130 e. The number of aromatic amines is 1. The van der Waals surface area contributed by atoms with Crippen molar-refractivity contribution in [3.05, 3.63) is 40.7 Å². The number of piperidine rings is 1. The molecule has 4 atom stereocenters. The van der Waals surface area contributed by atoms with Crippen molar-refractivity contribution in [1.29, 1.82) is 0 Å². The number of alkyl halides is 1. The molecule has 2 bridgehead atoms. The molecule has 2 aliphatic carbocycles. The maximum absolute atomic E-state index is 14.4. The Morgan fingerprint density at radius 1 is 1.36 bits per heavy atom. The van der Waals surface area contributed by atoms with Gasteiger partial charge < -0.3 is 4.98 Å². The van der Waals surface area contributed by atoms with Gasteiger partial charge in [-0.2, -0.15) is 0 Å². The first-order valence-electron chi connectivity index (χ1n) is 10.0. The number of fused-ring (bicyclic) bond motifs is 3. The van der Waals surface area contributed by atoms with E-state index < -0.39 is 5.67 Å². The van der Waals surface area contributed by atoms with Crippen molar-refractivity contribution in [3.8, 4) is 0 Å². The van der Waals surface area contributed by atoms with Gasteiger partial charge in [-0.1, -0.05) is 31.9 Å². The van der Waals surface area contributed by atoms with Crippen molar-refractivity contribution in [2.75, 3.05) is 13.1 Å². The molecule has 0 aromatic carbocycles. The van der Waals surface area contributed by atoms with Crippen molar-refractivity contribution in [2.45, 2.75) is 64.6 Å². The number of hydrogen-bond acceptors (Lipinski definition) is 1. The van der Waals surface area contributed by atoms with Crippen LogP contribution in [0, 0.1) is 11.8 Å². The molecule has 0 spiro atoms. The molecule has 1 aromatic heterocycles. The molecule has 0 amide bonds. The number of hydrogen-bond donors (Lipinski definition) is 1. The molecule has 4 aliphatic rings. The zero-order valence-corrected chi connectivity index (χ0v) is 15.8. The van der Waals surface area contributed by atoms with Crippen molar-refractivity contribution >= 4 is 6.08 Å². The predicted molar refractivity (Wildman–Crippen MR) is 102 cm³/mol. The average molecular weight is 343 g/mol. The summed E-state index contributed by atoms with van der Waals surface area (Å²) in [7, 11) is 0. The molecular formula is C22H31FN2. The highest BCUT2D eigenvalue weighted by Crippen LogP contribution is 2.41. The minimum absolute atomic E-state index is 0.501. The lowest BCUT2D eigenvalue weighted by molar-refractivity contribution is 0.0745. The van der Waals surface area contributed by atoms with Crippen LogP contribution in [0.2, 0.25) is 0 Å². The molecule has 3 heterocycles. The lowest BCUT2D eigenvalue weighted by Crippen LogP contribution is -2.52. The van der Waals surface area contributed by atoms with Crippen LogP contribution < -0.4 is 0 Å². The number of rotatable bonds is 5. The monoisotopic (exact) mass is 342 g/mol. The fourth-order valence-electron chi connectivity index (χ4n) is 5.22. The average Bonchev–Trinajstić information content (AvgIpc) is 3.00. The van der Waals surface area contributed by atoms with E-state index in [1.807, 2.05) is 6.08 Å². The molecule has 1 saturated heterocycles. The molecule has 25 heavy (non-hydrogen) atoms. The van der Waals surface area contributed by atoms with Gasteiger partial charge in [0.15, 0.2) is 0 Å². The predicted octanol–water partition coefficient (Wildman–Crippen LogP) is 4.92. The van der Waals surface area contributed by atoms with Crippen LogP contribution in [0.3, 0.4) is 0 Å². The van der Waals surface area contributed by atoms with E-state index in [2.05, 4.69) is 36.0 Å². The van der Waals surface area contributed by atoms with E-state index in [1.165, 1.54) is 36.9 Å². The van der Waals surface area contributed by atoms with Crippen LogP contribution in [0.15, 0.2) is 23.9 Å². The third-order valence-corrected chi connectivity index (χ3v) is 6.69. The number of halogens is 1. The van der Waals surface area contributed by atoms with Crippen LogP contribution in [0.25, 0.3) is 6.08 Å². The lowest BCUT2D eigenvalue weighted by Gasteiger charge is -2.49. The Morgan fingerprint density at radius 2 is 2.20 bits per heavy atom. The van der Waals surface area contributed by atoms with Crippen LogP contribution in [0.4, 0.5) is 4.39 Å². The summed E-state index contributed by atoms with van der Waals surface area (Å²) in [5, 5.41) is 0. The third-order valence-electron chi connectivity index (χ3n) is 6.69. The SMILES string of the molecule is CCC1=CC2C(CC)CC1CN2CCc1c[nH]c2c1CC(C)(F)C=C2. The Balaban J connectivity index is 1.47. The molecule has 3 heteroatoms. The first kappa shape index (κ1) is 17.1. The lowest BCUT2D eigenvalue weighted by atomic mass is 9.71. The zero-order chi connectivity index (χ0) is 17.6. The summed E-state index contributed by atoms with van der Waals surface area (Å²) >= 11 is 0. The number of allylic oxidation sites excluding steroid dienone is 1. The Kier molecular flexibility index (Phi) is 4.39. The van der Waals surface area contributed by atoms with Crippen LogP contribution in [0.5, 0.6) is 0 Å². The van der Waals surface area contributed by atoms with Gasteiger partial charge in [0.25, 0.3) is 0 Å². The topological polar surface area (TPSA) is 19.0 Å². The molecule has 5 rings (SSSR count). The van der Waals surface area contributed by atoms with Crippen LogP contribution >= 0.6 is 0 Å². The normalized spacial score (nSPS) is 34.2. The van der Waals surface area contributed by atoms with Crippen molar-refractivity contribution in [2.24, 2.45) is 11.8 Å². The summed E-state index contributed by atoms with van der Waals surface area (Å²) in [4.78, 5) is 6.03. The van der Waals surface area contributed by atoms with Crippen molar-refractivity contribution < 1.29 is 4.39 Å².